The average Bonchev–Trinajstić information content (AvgIpc) is 3.22. The van der Waals surface area contributed by atoms with Gasteiger partial charge in [-0.3, -0.25) is 0 Å². The lowest BCUT2D eigenvalue weighted by Gasteiger charge is -2.31. The van der Waals surface area contributed by atoms with E-state index in [4.69, 9.17) is 0 Å². The second kappa shape index (κ2) is 11.3. The Hall–Kier alpha value is -5.46. The third-order valence-electron chi connectivity index (χ3n) is 15.7. The monoisotopic (exact) mass is 774 g/mol. The van der Waals surface area contributed by atoms with Crippen LogP contribution in [0.5, 0.6) is 0 Å². The third-order valence-corrected chi connectivity index (χ3v) is 15.7. The minimum absolute atomic E-state index is 0.409. The first-order chi connectivity index (χ1) is 28.7. The van der Waals surface area contributed by atoms with Gasteiger partial charge in [0, 0.05) is 0 Å². The fourth-order valence-electron chi connectivity index (χ4n) is 12.4. The lowest BCUT2D eigenvalue weighted by molar-refractivity contribution is 0.868. The Morgan fingerprint density at radius 1 is 0.167 bits per heavy atom. The van der Waals surface area contributed by atoms with Gasteiger partial charge in [0.1, 0.15) is 0 Å². The van der Waals surface area contributed by atoms with Gasteiger partial charge in [-0.25, -0.2) is 0 Å². The smallest absolute Gasteiger partial charge is 0.0000472 e. The molecule has 0 saturated carbocycles. The van der Waals surface area contributed by atoms with Crippen molar-refractivity contribution in [2.45, 2.75) is 119 Å². The normalized spacial score (nSPS) is 13.9. The summed E-state index contributed by atoms with van der Waals surface area (Å²) in [6, 6.07) is 31.2. The van der Waals surface area contributed by atoms with Gasteiger partial charge >= 0.3 is 0 Å². The van der Waals surface area contributed by atoms with Crippen LogP contribution in [0, 0.1) is 0 Å². The van der Waals surface area contributed by atoms with Crippen LogP contribution in [0.3, 0.4) is 0 Å². The summed E-state index contributed by atoms with van der Waals surface area (Å²) in [5.41, 5.74) is 8.60. The first-order valence-electron chi connectivity index (χ1n) is 23.1. The molecule has 0 unspecified atom stereocenters. The lowest BCUT2D eigenvalue weighted by Crippen LogP contribution is -2.03. The molecule has 0 heterocycles. The summed E-state index contributed by atoms with van der Waals surface area (Å²) in [4.78, 5) is 0. The molecule has 60 heavy (non-hydrogen) atoms. The second-order valence-corrected chi connectivity index (χ2v) is 21.1. The van der Waals surface area contributed by atoms with E-state index in [1.165, 1.54) is 163 Å². The molecule has 0 fully saturated rings. The van der Waals surface area contributed by atoms with Crippen LogP contribution < -0.4 is 0 Å². The summed E-state index contributed by atoms with van der Waals surface area (Å²) in [6.45, 7) is 28.6. The highest BCUT2D eigenvalue weighted by Crippen LogP contribution is 2.61. The summed E-state index contributed by atoms with van der Waals surface area (Å²) in [5.74, 6) is 2.45. The molecular weight excluding hydrogens is 721 g/mol. The zero-order chi connectivity index (χ0) is 41.3. The molecule has 0 aliphatic heterocycles. The van der Waals surface area contributed by atoms with Crippen LogP contribution >= 0.6 is 0 Å². The van der Waals surface area contributed by atoms with Crippen molar-refractivity contribution in [1.82, 2.24) is 0 Å². The molecule has 294 valence electrons. The van der Waals surface area contributed by atoms with Crippen LogP contribution in [0.4, 0.5) is 0 Å². The molecule has 0 aromatic heterocycles. The zero-order valence-corrected chi connectivity index (χ0v) is 37.4. The molecule has 0 atom stereocenters. The Morgan fingerprint density at radius 3 is 0.350 bits per heavy atom. The summed E-state index contributed by atoms with van der Waals surface area (Å²) in [6.07, 6.45) is 0. The van der Waals surface area contributed by atoms with Gasteiger partial charge in [-0.05, 0) is 198 Å². The quantitative estimate of drug-likeness (QED) is 0.117. The molecule has 0 aliphatic carbocycles. The van der Waals surface area contributed by atoms with Gasteiger partial charge in [0.15, 0.2) is 0 Å². The maximum atomic E-state index is 2.60. The fraction of sp³-hybridized carbons (Fsp3) is 0.300. The van der Waals surface area contributed by atoms with Gasteiger partial charge in [-0.1, -0.05) is 156 Å². The first-order valence-corrected chi connectivity index (χ1v) is 23.1. The Kier molecular flexibility index (Phi) is 6.63. The second-order valence-electron chi connectivity index (χ2n) is 21.1. The molecule has 0 N–H and O–H groups in total. The number of rotatable bonds is 6. The Labute approximate surface area is 352 Å². The summed E-state index contributed by atoms with van der Waals surface area (Å²) in [7, 11) is 0. The molecule has 0 nitrogen and oxygen atoms in total. The zero-order valence-electron chi connectivity index (χ0n) is 37.4. The molecule has 13 aromatic rings. The van der Waals surface area contributed by atoms with Crippen molar-refractivity contribution >= 4 is 129 Å². The molecule has 0 saturated heterocycles. The first kappa shape index (κ1) is 35.3. The third kappa shape index (κ3) is 4.01. The molecule has 0 radical (unpaired) electrons. The van der Waals surface area contributed by atoms with Crippen LogP contribution in [0.2, 0.25) is 0 Å². The topological polar surface area (TPSA) is 0 Å². The summed E-state index contributed by atoms with van der Waals surface area (Å²) < 4.78 is 0. The molecule has 0 bridgehead atoms. The van der Waals surface area contributed by atoms with E-state index in [1.54, 1.807) is 0 Å². The Morgan fingerprint density at radius 2 is 0.267 bits per heavy atom. The van der Waals surface area contributed by atoms with Crippen LogP contribution in [0.1, 0.15) is 152 Å². The minimum Gasteiger partial charge on any atom is -0.0587 e. The van der Waals surface area contributed by atoms with Gasteiger partial charge in [0.25, 0.3) is 0 Å². The van der Waals surface area contributed by atoms with E-state index in [1.807, 2.05) is 0 Å². The molecular formula is C60H54. The van der Waals surface area contributed by atoms with Gasteiger partial charge < -0.3 is 0 Å². The largest absolute Gasteiger partial charge is 0.0587 e. The molecule has 0 spiro atoms. The highest BCUT2D eigenvalue weighted by Gasteiger charge is 2.33. The van der Waals surface area contributed by atoms with E-state index < -0.39 is 0 Å². The highest BCUT2D eigenvalue weighted by molar-refractivity contribution is 6.61. The van der Waals surface area contributed by atoms with Crippen molar-refractivity contribution in [1.29, 1.82) is 0 Å². The van der Waals surface area contributed by atoms with Crippen molar-refractivity contribution in [3.8, 4) is 0 Å². The molecule has 0 amide bonds. The number of benzene rings is 13. The van der Waals surface area contributed by atoms with Crippen LogP contribution in [0.25, 0.3) is 129 Å². The van der Waals surface area contributed by atoms with Gasteiger partial charge in [-0.2, -0.15) is 0 Å². The summed E-state index contributed by atoms with van der Waals surface area (Å²) in [5, 5.41) is 35.1. The molecule has 0 heteroatoms. The maximum Gasteiger partial charge on any atom is -0.0000472 e. The van der Waals surface area contributed by atoms with Crippen molar-refractivity contribution < 1.29 is 0 Å². The molecule has 13 rings (SSSR count). The fourth-order valence-corrected chi connectivity index (χ4v) is 12.4. The van der Waals surface area contributed by atoms with Crippen molar-refractivity contribution in [2.75, 3.05) is 0 Å². The Bertz CT molecular complexity index is 3050. The maximum absolute atomic E-state index is 2.60. The Balaban J connectivity index is 1.51. The van der Waals surface area contributed by atoms with E-state index in [-0.39, 0.29) is 0 Å². The SMILES string of the molecule is CC(C)c1cc2c3cc(C(C)C)cc4c5cc(C(C)C)cc6c7cc(C(C)C)cc8c9cc(C(C)C)cc%10c%11cc(C(C)C)cc%12c(c1)c2c1c(c34)c(c56)c(c78)c(c%109)c1c%12%11. The summed E-state index contributed by atoms with van der Waals surface area (Å²) >= 11 is 0. The van der Waals surface area contributed by atoms with Gasteiger partial charge in [0.05, 0.1) is 0 Å². The van der Waals surface area contributed by atoms with E-state index in [0.717, 1.165) is 0 Å². The van der Waals surface area contributed by atoms with Crippen LogP contribution in [-0.2, 0) is 0 Å². The van der Waals surface area contributed by atoms with Crippen LogP contribution in [-0.4, -0.2) is 0 Å². The standard InChI is InChI=1S/C60H54/c1-25(2)31-13-37-39-15-32(26(3)4)17-41-43-19-34(28(7)8)21-45-47-23-36(30(11)12)24-48-46-22-35(29(9)10)20-44-42-18-33(27(5)6)16-40-38(14-31)49(37)55-56(50(39)41)58(52(43)45)60(54(47)48)59(53(44)46)57(55)51(40)42/h13-30H,1-12H3. The van der Waals surface area contributed by atoms with Crippen molar-refractivity contribution in [3.05, 3.63) is 106 Å². The van der Waals surface area contributed by atoms with Crippen molar-refractivity contribution in [2.24, 2.45) is 0 Å². The van der Waals surface area contributed by atoms with E-state index in [0.29, 0.717) is 35.5 Å². The molecule has 13 aromatic carbocycles. The number of fused-ring (bicyclic) bond motifs is 6. The molecule has 0 aliphatic rings. The van der Waals surface area contributed by atoms with Crippen LogP contribution in [0.15, 0.2) is 72.8 Å². The number of hydrogen-bond acceptors (Lipinski definition) is 0. The van der Waals surface area contributed by atoms with Gasteiger partial charge in [-0.15, -0.1) is 0 Å². The average molecular weight is 775 g/mol. The van der Waals surface area contributed by atoms with E-state index in [2.05, 4.69) is 156 Å². The highest BCUT2D eigenvalue weighted by atomic mass is 14.4. The van der Waals surface area contributed by atoms with Gasteiger partial charge in [0.2, 0.25) is 0 Å². The number of hydrogen-bond donors (Lipinski definition) is 0. The van der Waals surface area contributed by atoms with Crippen molar-refractivity contribution in [3.63, 3.8) is 0 Å². The van der Waals surface area contributed by atoms with E-state index in [9.17, 15) is 0 Å². The van der Waals surface area contributed by atoms with E-state index >= 15 is 0 Å². The minimum atomic E-state index is 0.409. The lowest BCUT2D eigenvalue weighted by atomic mass is 9.71. The predicted octanol–water partition coefficient (Wildman–Crippen LogP) is 18.9. The predicted molar refractivity (Wildman–Crippen MR) is 268 cm³/mol.